The van der Waals surface area contributed by atoms with Crippen LogP contribution in [0.1, 0.15) is 68.8 Å². The maximum absolute atomic E-state index is 12.8. The highest BCUT2D eigenvalue weighted by Crippen LogP contribution is 2.36. The lowest BCUT2D eigenvalue weighted by Crippen LogP contribution is -2.08. The Morgan fingerprint density at radius 1 is 1.14 bits per heavy atom. The van der Waals surface area contributed by atoms with Crippen LogP contribution in [-0.2, 0) is 23.8 Å². The third kappa shape index (κ3) is 6.83. The van der Waals surface area contributed by atoms with E-state index in [0.29, 0.717) is 36.8 Å². The molecule has 6 nitrogen and oxygen atoms in total. The lowest BCUT2D eigenvalue weighted by atomic mass is 10.0. The van der Waals surface area contributed by atoms with E-state index in [1.807, 2.05) is 39.1 Å². The molecule has 0 aliphatic rings. The monoisotopic (exact) mass is 489 g/mol. The molecule has 0 spiro atoms. The summed E-state index contributed by atoms with van der Waals surface area (Å²) in [4.78, 5) is 15.4. The van der Waals surface area contributed by atoms with E-state index >= 15 is 0 Å². The first-order valence-corrected chi connectivity index (χ1v) is 11.6. The zero-order valence-electron chi connectivity index (χ0n) is 20.4. The molecule has 9 heteroatoms. The van der Waals surface area contributed by atoms with E-state index < -0.39 is 17.7 Å². The number of hydrogen-bond acceptors (Lipinski definition) is 5. The van der Waals surface area contributed by atoms with Crippen molar-refractivity contribution in [1.82, 2.24) is 14.8 Å². The van der Waals surface area contributed by atoms with Crippen molar-refractivity contribution in [3.63, 3.8) is 0 Å². The number of aromatic nitrogens is 3. The number of para-hydroxylation sites is 1. The van der Waals surface area contributed by atoms with Crippen LogP contribution in [0.15, 0.2) is 42.7 Å². The van der Waals surface area contributed by atoms with Gasteiger partial charge in [0, 0.05) is 24.9 Å². The van der Waals surface area contributed by atoms with Crippen LogP contribution in [0.2, 0.25) is 0 Å². The van der Waals surface area contributed by atoms with Crippen LogP contribution in [0.3, 0.4) is 0 Å². The fourth-order valence-electron chi connectivity index (χ4n) is 3.72. The number of aryl methyl sites for hydroxylation is 2. The Morgan fingerprint density at radius 2 is 1.91 bits per heavy atom. The highest BCUT2D eigenvalue weighted by atomic mass is 19.4. The van der Waals surface area contributed by atoms with E-state index in [2.05, 4.69) is 10.1 Å². The average Bonchev–Trinajstić information content (AvgIpc) is 3.19. The van der Waals surface area contributed by atoms with Crippen molar-refractivity contribution < 1.29 is 27.4 Å². The lowest BCUT2D eigenvalue weighted by molar-refractivity contribution is -0.138. The number of hydrogen-bond donors (Lipinski definition) is 0. The minimum atomic E-state index is -4.43. The predicted molar refractivity (Wildman–Crippen MR) is 126 cm³/mol. The molecule has 0 aliphatic carbocycles. The molecule has 188 valence electrons. The molecule has 0 radical (unpaired) electrons. The van der Waals surface area contributed by atoms with Crippen molar-refractivity contribution >= 4 is 5.97 Å². The second kappa shape index (κ2) is 11.4. The summed E-state index contributed by atoms with van der Waals surface area (Å²) in [6, 6.07) is 7.82. The van der Waals surface area contributed by atoms with E-state index in [9.17, 15) is 18.0 Å². The van der Waals surface area contributed by atoms with Crippen molar-refractivity contribution in [1.29, 1.82) is 0 Å². The number of ether oxygens (including phenoxy) is 2. The summed E-state index contributed by atoms with van der Waals surface area (Å²) in [5.41, 5.74) is 2.04. The largest absolute Gasteiger partial charge is 0.489 e. The van der Waals surface area contributed by atoms with Gasteiger partial charge in [-0.25, -0.2) is 9.67 Å². The van der Waals surface area contributed by atoms with Crippen molar-refractivity contribution in [3.8, 4) is 17.3 Å². The van der Waals surface area contributed by atoms with Gasteiger partial charge < -0.3 is 9.47 Å². The third-order valence-electron chi connectivity index (χ3n) is 5.40. The van der Waals surface area contributed by atoms with E-state index in [1.54, 1.807) is 6.07 Å². The number of alkyl halides is 3. The molecular formula is C26H30F3N3O3. The van der Waals surface area contributed by atoms with E-state index in [1.165, 1.54) is 17.7 Å². The van der Waals surface area contributed by atoms with Gasteiger partial charge in [0.1, 0.15) is 0 Å². The van der Waals surface area contributed by atoms with Crippen LogP contribution in [0.25, 0.3) is 5.82 Å². The maximum atomic E-state index is 12.8. The summed E-state index contributed by atoms with van der Waals surface area (Å²) < 4.78 is 51.4. The Balaban J connectivity index is 1.72. The van der Waals surface area contributed by atoms with E-state index in [0.717, 1.165) is 41.9 Å². The quantitative estimate of drug-likeness (QED) is 0.190. The zero-order chi connectivity index (χ0) is 25.6. The fourth-order valence-corrected chi connectivity index (χ4v) is 3.72. The van der Waals surface area contributed by atoms with Crippen LogP contribution < -0.4 is 9.47 Å². The van der Waals surface area contributed by atoms with Gasteiger partial charge >= 0.3 is 12.1 Å². The smallest absolute Gasteiger partial charge is 0.417 e. The Bertz CT molecular complexity index is 1140. The molecule has 0 amide bonds. The summed E-state index contributed by atoms with van der Waals surface area (Å²) in [6.07, 6.45) is 1.17. The van der Waals surface area contributed by atoms with Crippen LogP contribution in [0.5, 0.6) is 11.5 Å². The van der Waals surface area contributed by atoms with Gasteiger partial charge in [-0.15, -0.1) is 0 Å². The van der Waals surface area contributed by atoms with Crippen molar-refractivity contribution in [2.75, 3.05) is 6.61 Å². The van der Waals surface area contributed by atoms with E-state index in [-0.39, 0.29) is 5.92 Å². The third-order valence-corrected chi connectivity index (χ3v) is 5.40. The molecule has 2 heterocycles. The van der Waals surface area contributed by atoms with Gasteiger partial charge in [-0.2, -0.15) is 18.3 Å². The summed E-state index contributed by atoms with van der Waals surface area (Å²) in [7, 11) is 0. The molecule has 3 aromatic rings. The number of pyridine rings is 1. The standard InChI is InChI=1S/C26H30F3N3O3/c1-5-8-22-19(16-32(31-22)24-13-12-20(15-30-24)26(27,28)29)9-7-14-34-25-21(17(2)3)10-6-11-23(25)35-18(4)33/h6,10-13,15-17H,5,7-9,14H2,1-4H3. The SMILES string of the molecule is CCCc1nn(-c2ccc(C(F)(F)F)cn2)cc1CCCOc1c(OC(C)=O)cccc1C(C)C. The molecule has 0 saturated heterocycles. The molecule has 0 unspecified atom stereocenters. The number of carbonyl (C=O) groups excluding carboxylic acids is 1. The van der Waals surface area contributed by atoms with Gasteiger partial charge in [0.2, 0.25) is 0 Å². The van der Waals surface area contributed by atoms with Crippen LogP contribution in [0, 0.1) is 0 Å². The number of carbonyl (C=O) groups is 1. The molecule has 0 aliphatic heterocycles. The van der Waals surface area contributed by atoms with Crippen molar-refractivity contribution in [3.05, 3.63) is 65.1 Å². The molecule has 0 fully saturated rings. The van der Waals surface area contributed by atoms with Gasteiger partial charge in [-0.1, -0.05) is 39.3 Å². The molecular weight excluding hydrogens is 459 g/mol. The number of nitrogens with zero attached hydrogens (tertiary/aromatic N) is 3. The summed E-state index contributed by atoms with van der Waals surface area (Å²) >= 11 is 0. The second-order valence-corrected chi connectivity index (χ2v) is 8.57. The number of halogens is 3. The minimum Gasteiger partial charge on any atom is -0.489 e. The summed E-state index contributed by atoms with van der Waals surface area (Å²) in [6.45, 7) is 7.88. The second-order valence-electron chi connectivity index (χ2n) is 8.57. The minimum absolute atomic E-state index is 0.186. The number of esters is 1. The topological polar surface area (TPSA) is 66.2 Å². The van der Waals surface area contributed by atoms with Crippen molar-refractivity contribution in [2.45, 2.75) is 65.5 Å². The normalized spacial score (nSPS) is 11.7. The highest BCUT2D eigenvalue weighted by Gasteiger charge is 2.30. The van der Waals surface area contributed by atoms with Crippen LogP contribution in [0.4, 0.5) is 13.2 Å². The first-order chi connectivity index (χ1) is 16.6. The summed E-state index contributed by atoms with van der Waals surface area (Å²) in [5, 5.41) is 4.56. The molecule has 0 N–H and O–H groups in total. The lowest BCUT2D eigenvalue weighted by Gasteiger charge is -2.17. The molecule has 0 bridgehead atoms. The van der Waals surface area contributed by atoms with E-state index in [4.69, 9.17) is 9.47 Å². The Kier molecular flexibility index (Phi) is 8.53. The van der Waals surface area contributed by atoms with Gasteiger partial charge in [-0.3, -0.25) is 4.79 Å². The Labute approximate surface area is 203 Å². The van der Waals surface area contributed by atoms with Gasteiger partial charge in [0.15, 0.2) is 17.3 Å². The van der Waals surface area contributed by atoms with Gasteiger partial charge in [-0.05, 0) is 48.9 Å². The Morgan fingerprint density at radius 3 is 2.51 bits per heavy atom. The molecule has 2 aromatic heterocycles. The molecule has 0 saturated carbocycles. The predicted octanol–water partition coefficient (Wildman–Crippen LogP) is 6.30. The fraction of sp³-hybridized carbons (Fsp3) is 0.423. The molecule has 0 atom stereocenters. The number of rotatable bonds is 10. The van der Waals surface area contributed by atoms with Crippen LogP contribution in [-0.4, -0.2) is 27.3 Å². The molecule has 35 heavy (non-hydrogen) atoms. The maximum Gasteiger partial charge on any atom is 0.417 e. The zero-order valence-corrected chi connectivity index (χ0v) is 20.4. The van der Waals surface area contributed by atoms with Gasteiger partial charge in [0.05, 0.1) is 17.9 Å². The number of benzene rings is 1. The average molecular weight is 490 g/mol. The van der Waals surface area contributed by atoms with Crippen molar-refractivity contribution in [2.24, 2.45) is 0 Å². The first kappa shape index (κ1) is 26.2. The molecule has 3 rings (SSSR count). The summed E-state index contributed by atoms with van der Waals surface area (Å²) in [5.74, 6) is 1.07. The Hall–Kier alpha value is -3.36. The van der Waals surface area contributed by atoms with Crippen LogP contribution >= 0.6 is 0 Å². The first-order valence-electron chi connectivity index (χ1n) is 11.6. The molecule has 1 aromatic carbocycles. The van der Waals surface area contributed by atoms with Gasteiger partial charge in [0.25, 0.3) is 0 Å². The highest BCUT2D eigenvalue weighted by molar-refractivity contribution is 5.70.